The number of rotatable bonds is 4. The molecule has 1 aromatic carbocycles. The summed E-state index contributed by atoms with van der Waals surface area (Å²) in [4.78, 5) is 23.1. The number of hydrogen-bond acceptors (Lipinski definition) is 6. The highest BCUT2D eigenvalue weighted by Crippen LogP contribution is 2.36. The summed E-state index contributed by atoms with van der Waals surface area (Å²) in [5, 5.41) is 0.492. The zero-order valence-corrected chi connectivity index (χ0v) is 12.3. The van der Waals surface area contributed by atoms with E-state index in [0.29, 0.717) is 11.1 Å². The third kappa shape index (κ3) is 2.99. The fourth-order valence-corrected chi connectivity index (χ4v) is 1.94. The highest BCUT2D eigenvalue weighted by molar-refractivity contribution is 5.90. The van der Waals surface area contributed by atoms with E-state index in [1.54, 1.807) is 18.2 Å². The maximum absolute atomic E-state index is 12.0. The van der Waals surface area contributed by atoms with Crippen LogP contribution in [0.2, 0.25) is 0 Å². The van der Waals surface area contributed by atoms with Crippen molar-refractivity contribution in [1.82, 2.24) is 0 Å². The van der Waals surface area contributed by atoms with E-state index in [-0.39, 0.29) is 23.2 Å². The van der Waals surface area contributed by atoms with Crippen molar-refractivity contribution in [1.29, 1.82) is 0 Å². The second-order valence-corrected chi connectivity index (χ2v) is 4.64. The Labute approximate surface area is 121 Å². The minimum atomic E-state index is -0.797. The van der Waals surface area contributed by atoms with Crippen LogP contribution in [-0.4, -0.2) is 19.2 Å². The van der Waals surface area contributed by atoms with Crippen LogP contribution in [0.3, 0.4) is 0 Å². The van der Waals surface area contributed by atoms with Crippen molar-refractivity contribution in [3.05, 3.63) is 28.6 Å². The number of esters is 1. The Balaban J connectivity index is 2.74. The first-order valence-corrected chi connectivity index (χ1v) is 6.43. The van der Waals surface area contributed by atoms with Gasteiger partial charge >= 0.3 is 11.6 Å². The van der Waals surface area contributed by atoms with Gasteiger partial charge in [0.1, 0.15) is 0 Å². The number of benzene rings is 1. The maximum atomic E-state index is 12.0. The van der Waals surface area contributed by atoms with Crippen LogP contribution in [0.25, 0.3) is 11.0 Å². The van der Waals surface area contributed by atoms with Crippen LogP contribution < -0.4 is 19.8 Å². The molecule has 6 nitrogen and oxygen atoms in total. The first-order chi connectivity index (χ1) is 9.93. The fourth-order valence-electron chi connectivity index (χ4n) is 1.94. The molecule has 1 heterocycles. The van der Waals surface area contributed by atoms with E-state index in [2.05, 4.69) is 0 Å². The minimum absolute atomic E-state index is 0.0833. The first kappa shape index (κ1) is 14.9. The number of hydrogen-bond donors (Lipinski definition) is 0. The van der Waals surface area contributed by atoms with E-state index in [4.69, 9.17) is 18.6 Å². The zero-order chi connectivity index (χ0) is 15.6. The molecule has 0 N–H and O–H groups in total. The molecular weight excluding hydrogens is 276 g/mol. The van der Waals surface area contributed by atoms with Gasteiger partial charge in [0.15, 0.2) is 17.1 Å². The average Bonchev–Trinajstić information content (AvgIpc) is 2.39. The lowest BCUT2D eigenvalue weighted by Crippen LogP contribution is -2.13. The molecule has 6 heteroatoms. The molecule has 0 aliphatic carbocycles. The summed E-state index contributed by atoms with van der Waals surface area (Å²) in [6.45, 7) is 4.92. The second kappa shape index (κ2) is 5.87. The molecule has 0 aliphatic rings. The highest BCUT2D eigenvalue weighted by atomic mass is 16.6. The number of ether oxygens (including phenoxy) is 3. The van der Waals surface area contributed by atoms with Gasteiger partial charge in [0.25, 0.3) is 5.75 Å². The van der Waals surface area contributed by atoms with Crippen molar-refractivity contribution < 1.29 is 23.4 Å². The predicted molar refractivity (Wildman–Crippen MR) is 76.1 cm³/mol. The lowest BCUT2D eigenvalue weighted by atomic mass is 10.2. The molecule has 0 saturated carbocycles. The summed E-state index contributed by atoms with van der Waals surface area (Å²) < 4.78 is 20.9. The van der Waals surface area contributed by atoms with E-state index in [0.717, 1.165) is 0 Å². The smallest absolute Gasteiger partial charge is 0.383 e. The van der Waals surface area contributed by atoms with Crippen LogP contribution in [0.1, 0.15) is 20.8 Å². The number of carbonyl (C=O) groups is 1. The van der Waals surface area contributed by atoms with E-state index >= 15 is 0 Å². The summed E-state index contributed by atoms with van der Waals surface area (Å²) in [6, 6.07) is 5.12. The van der Waals surface area contributed by atoms with Gasteiger partial charge in [0.2, 0.25) is 0 Å². The Morgan fingerprint density at radius 3 is 2.52 bits per heavy atom. The third-order valence-corrected chi connectivity index (χ3v) is 2.62. The topological polar surface area (TPSA) is 75.0 Å². The molecule has 0 bridgehead atoms. The molecule has 0 unspecified atom stereocenters. The van der Waals surface area contributed by atoms with Crippen LogP contribution in [0.4, 0.5) is 0 Å². The second-order valence-electron chi connectivity index (χ2n) is 4.64. The van der Waals surface area contributed by atoms with Crippen molar-refractivity contribution in [2.75, 3.05) is 7.11 Å². The van der Waals surface area contributed by atoms with Crippen molar-refractivity contribution in [3.63, 3.8) is 0 Å². The van der Waals surface area contributed by atoms with Gasteiger partial charge in [-0.25, -0.2) is 4.79 Å². The molecular formula is C15H16O6. The molecule has 0 saturated heterocycles. The Hall–Kier alpha value is -2.50. The summed E-state index contributed by atoms with van der Waals surface area (Å²) in [6.07, 6.45) is -0.0833. The zero-order valence-electron chi connectivity index (χ0n) is 12.3. The molecule has 0 atom stereocenters. The molecule has 112 valence electrons. The molecule has 0 radical (unpaired) electrons. The van der Waals surface area contributed by atoms with Crippen LogP contribution >= 0.6 is 0 Å². The van der Waals surface area contributed by atoms with Crippen molar-refractivity contribution in [3.8, 4) is 17.2 Å². The molecule has 2 rings (SSSR count). The number of fused-ring (bicyclic) bond motifs is 1. The minimum Gasteiger partial charge on any atom is -0.492 e. The van der Waals surface area contributed by atoms with Gasteiger partial charge in [-0.05, 0) is 26.0 Å². The average molecular weight is 292 g/mol. The van der Waals surface area contributed by atoms with Gasteiger partial charge in [-0.2, -0.15) is 0 Å². The summed E-state index contributed by atoms with van der Waals surface area (Å²) >= 11 is 0. The number of methoxy groups -OCH3 is 1. The van der Waals surface area contributed by atoms with Gasteiger partial charge in [0, 0.05) is 6.92 Å². The van der Waals surface area contributed by atoms with Gasteiger partial charge < -0.3 is 18.6 Å². The number of para-hydroxylation sites is 1. The molecule has 0 amide bonds. The Kier molecular flexibility index (Phi) is 4.16. The number of carbonyl (C=O) groups excluding carboxylic acids is 1. The molecule has 0 spiro atoms. The maximum Gasteiger partial charge on any atom is 0.383 e. The van der Waals surface area contributed by atoms with Gasteiger partial charge in [-0.1, -0.05) is 6.07 Å². The van der Waals surface area contributed by atoms with E-state index in [9.17, 15) is 9.59 Å². The van der Waals surface area contributed by atoms with Gasteiger partial charge in [-0.15, -0.1) is 0 Å². The first-order valence-electron chi connectivity index (χ1n) is 6.43. The largest absolute Gasteiger partial charge is 0.492 e. The van der Waals surface area contributed by atoms with E-state index < -0.39 is 11.6 Å². The van der Waals surface area contributed by atoms with Crippen molar-refractivity contribution in [2.24, 2.45) is 0 Å². The molecule has 1 aromatic heterocycles. The standard InChI is InChI=1S/C15H16O6/c1-8(2)19-11-7-5-6-10-12(11)21-15(17)14(13(10)18-4)20-9(3)16/h5-8H,1-4H3. The SMILES string of the molecule is COc1c(OC(C)=O)c(=O)oc2c(OC(C)C)cccc12. The van der Waals surface area contributed by atoms with Crippen molar-refractivity contribution >= 4 is 16.9 Å². The monoisotopic (exact) mass is 292 g/mol. The molecule has 0 fully saturated rings. The van der Waals surface area contributed by atoms with Gasteiger partial charge in [-0.3, -0.25) is 4.79 Å². The molecule has 2 aromatic rings. The van der Waals surface area contributed by atoms with Crippen LogP contribution in [0.15, 0.2) is 27.4 Å². The summed E-state index contributed by atoms with van der Waals surface area (Å²) in [7, 11) is 1.39. The van der Waals surface area contributed by atoms with E-state index in [1.165, 1.54) is 14.0 Å². The van der Waals surface area contributed by atoms with E-state index in [1.807, 2.05) is 13.8 Å². The Bertz CT molecular complexity index is 729. The summed E-state index contributed by atoms with van der Waals surface area (Å²) in [5.74, 6) is -0.327. The molecule has 21 heavy (non-hydrogen) atoms. The summed E-state index contributed by atoms with van der Waals surface area (Å²) in [5.41, 5.74) is -0.543. The van der Waals surface area contributed by atoms with Crippen LogP contribution in [-0.2, 0) is 4.79 Å². The fraction of sp³-hybridized carbons (Fsp3) is 0.333. The normalized spacial score (nSPS) is 10.7. The quantitative estimate of drug-likeness (QED) is 0.636. The lowest BCUT2D eigenvalue weighted by Gasteiger charge is -2.13. The van der Waals surface area contributed by atoms with Crippen LogP contribution in [0, 0.1) is 0 Å². The van der Waals surface area contributed by atoms with Crippen LogP contribution in [0.5, 0.6) is 17.2 Å². The van der Waals surface area contributed by atoms with Crippen molar-refractivity contribution in [2.45, 2.75) is 26.9 Å². The Morgan fingerprint density at radius 2 is 1.95 bits per heavy atom. The lowest BCUT2D eigenvalue weighted by molar-refractivity contribution is -0.132. The predicted octanol–water partition coefficient (Wildman–Crippen LogP) is 2.51. The Morgan fingerprint density at radius 1 is 1.24 bits per heavy atom. The molecule has 0 aliphatic heterocycles. The highest BCUT2D eigenvalue weighted by Gasteiger charge is 2.21. The third-order valence-electron chi connectivity index (χ3n) is 2.62. The van der Waals surface area contributed by atoms with Gasteiger partial charge in [0.05, 0.1) is 18.6 Å².